The van der Waals surface area contributed by atoms with E-state index in [1.165, 1.54) is 25.0 Å². The Morgan fingerprint density at radius 1 is 1.18 bits per heavy atom. The minimum Gasteiger partial charge on any atom is -0.396 e. The van der Waals surface area contributed by atoms with Crippen LogP contribution in [0.2, 0.25) is 6.04 Å². The van der Waals surface area contributed by atoms with Crippen molar-refractivity contribution >= 4 is 20.3 Å². The molecule has 5 heteroatoms. The summed E-state index contributed by atoms with van der Waals surface area (Å²) in [6, 6.07) is 1.06. The molecule has 1 fully saturated rings. The zero-order chi connectivity index (χ0) is 12.8. The largest absolute Gasteiger partial charge is 0.396 e. The van der Waals surface area contributed by atoms with Crippen LogP contribution in [0.3, 0.4) is 0 Å². The number of hydrogen-bond acceptors (Lipinski definition) is 4. The average Bonchev–Trinajstić information content (AvgIpc) is 2.39. The Kier molecular flexibility index (Phi) is 6.51. The molecule has 1 heterocycles. The van der Waals surface area contributed by atoms with Crippen LogP contribution in [0.25, 0.3) is 0 Å². The number of hydrogen-bond donors (Lipinski definition) is 0. The Bertz CT molecular complexity index is 224. The Morgan fingerprint density at radius 3 is 2.41 bits per heavy atom. The fourth-order valence-electron chi connectivity index (χ4n) is 3.02. The zero-order valence-corrected chi connectivity index (χ0v) is 13.4. The maximum atomic E-state index is 5.93. The van der Waals surface area contributed by atoms with Gasteiger partial charge in [-0.05, 0) is 37.3 Å². The van der Waals surface area contributed by atoms with E-state index < -0.39 is 8.56 Å². The Balaban J connectivity index is 2.82. The van der Waals surface area contributed by atoms with Crippen LogP contribution in [0, 0.1) is 0 Å². The van der Waals surface area contributed by atoms with Crippen molar-refractivity contribution in [2.75, 3.05) is 33.3 Å². The van der Waals surface area contributed by atoms with Gasteiger partial charge in [0.2, 0.25) is 0 Å². The molecule has 17 heavy (non-hydrogen) atoms. The first-order valence-electron chi connectivity index (χ1n) is 6.34. The van der Waals surface area contributed by atoms with Crippen LogP contribution in [0.15, 0.2) is 0 Å². The third kappa shape index (κ3) is 3.07. The van der Waals surface area contributed by atoms with Gasteiger partial charge < -0.3 is 13.6 Å². The van der Waals surface area contributed by atoms with E-state index in [4.69, 9.17) is 13.6 Å². The summed E-state index contributed by atoms with van der Waals surface area (Å²) in [7, 11) is 3.22. The summed E-state index contributed by atoms with van der Waals surface area (Å²) in [6.45, 7) is 0. The van der Waals surface area contributed by atoms with E-state index in [1.54, 1.807) is 14.2 Å². The van der Waals surface area contributed by atoms with E-state index in [1.807, 2.05) is 18.9 Å². The number of methoxy groups -OCH3 is 1. The maximum absolute atomic E-state index is 5.93. The first-order valence-corrected chi connectivity index (χ1v) is 9.76. The molecule has 1 aliphatic rings. The molecule has 3 nitrogen and oxygen atoms in total. The quantitative estimate of drug-likeness (QED) is 0.528. The van der Waals surface area contributed by atoms with Gasteiger partial charge in [-0.1, -0.05) is 12.8 Å². The molecule has 1 unspecified atom stereocenters. The van der Waals surface area contributed by atoms with Gasteiger partial charge in [0.1, 0.15) is 5.22 Å². The first kappa shape index (κ1) is 15.5. The molecule has 0 aromatic rings. The van der Waals surface area contributed by atoms with Gasteiger partial charge in [-0.15, -0.1) is 0 Å². The van der Waals surface area contributed by atoms with Crippen molar-refractivity contribution < 1.29 is 13.6 Å². The van der Waals surface area contributed by atoms with E-state index in [2.05, 4.69) is 6.26 Å². The highest BCUT2D eigenvalue weighted by Crippen LogP contribution is 2.42. The first-order chi connectivity index (χ1) is 8.20. The zero-order valence-electron chi connectivity index (χ0n) is 11.6. The number of ether oxygens (including phenoxy) is 1. The molecule has 0 amide bonds. The number of thioether (sulfide) groups is 1. The molecule has 0 radical (unpaired) electrons. The Hall–Kier alpha value is 0.447. The predicted octanol–water partition coefficient (Wildman–Crippen LogP) is 2.97. The van der Waals surface area contributed by atoms with Crippen LogP contribution in [-0.2, 0) is 13.6 Å². The molecule has 1 rings (SSSR count). The van der Waals surface area contributed by atoms with Gasteiger partial charge in [0.15, 0.2) is 0 Å². The summed E-state index contributed by atoms with van der Waals surface area (Å²) in [5.74, 6) is 1.18. The molecular formula is C12H26O3SSi. The van der Waals surface area contributed by atoms with Crippen LogP contribution < -0.4 is 0 Å². The van der Waals surface area contributed by atoms with Crippen LogP contribution in [0.5, 0.6) is 0 Å². The number of rotatable bonds is 7. The lowest BCUT2D eigenvalue weighted by Crippen LogP contribution is -2.64. The van der Waals surface area contributed by atoms with Gasteiger partial charge >= 0.3 is 8.56 Å². The van der Waals surface area contributed by atoms with Gasteiger partial charge in [-0.3, -0.25) is 0 Å². The summed E-state index contributed by atoms with van der Waals surface area (Å²) in [6.07, 6.45) is 7.92. The second kappa shape index (κ2) is 7.14. The summed E-state index contributed by atoms with van der Waals surface area (Å²) in [4.78, 5) is 0. The molecule has 0 bridgehead atoms. The summed E-state index contributed by atoms with van der Waals surface area (Å²) in [5.41, 5.74) is 0. The maximum Gasteiger partial charge on any atom is 0.370 e. The molecule has 0 aliphatic carbocycles. The lowest BCUT2D eigenvalue weighted by Gasteiger charge is -2.48. The predicted molar refractivity (Wildman–Crippen MR) is 75.8 cm³/mol. The van der Waals surface area contributed by atoms with E-state index >= 15 is 0 Å². The van der Waals surface area contributed by atoms with Gasteiger partial charge in [0.25, 0.3) is 0 Å². The SMILES string of the molecule is COC1(CCCSC)CCCC[Si]1(OC)OC. The lowest BCUT2D eigenvalue weighted by atomic mass is 10.1. The Labute approximate surface area is 111 Å². The van der Waals surface area contributed by atoms with Crippen molar-refractivity contribution in [3.63, 3.8) is 0 Å². The van der Waals surface area contributed by atoms with Gasteiger partial charge in [0, 0.05) is 21.3 Å². The average molecular weight is 278 g/mol. The topological polar surface area (TPSA) is 27.7 Å². The normalized spacial score (nSPS) is 28.2. The molecule has 0 aromatic heterocycles. The molecular weight excluding hydrogens is 252 g/mol. The molecule has 0 aromatic carbocycles. The molecule has 102 valence electrons. The summed E-state index contributed by atoms with van der Waals surface area (Å²) >= 11 is 1.89. The summed E-state index contributed by atoms with van der Waals surface area (Å²) in [5, 5.41) is -0.134. The van der Waals surface area contributed by atoms with Gasteiger partial charge in [-0.2, -0.15) is 11.8 Å². The van der Waals surface area contributed by atoms with Gasteiger partial charge in [0.05, 0.1) is 0 Å². The standard InChI is InChI=1S/C12H26O3SSi/c1-13-12(9-7-10-16-4)8-5-6-11-17(12,14-2)15-3/h5-11H2,1-4H3. The highest BCUT2D eigenvalue weighted by molar-refractivity contribution is 7.98. The second-order valence-corrected chi connectivity index (χ2v) is 9.38. The van der Waals surface area contributed by atoms with Crippen molar-refractivity contribution in [2.24, 2.45) is 0 Å². The lowest BCUT2D eigenvalue weighted by molar-refractivity contribution is -0.0147. The third-order valence-electron chi connectivity index (χ3n) is 4.01. The van der Waals surface area contributed by atoms with Gasteiger partial charge in [-0.25, -0.2) is 0 Å². The van der Waals surface area contributed by atoms with Crippen LogP contribution in [0.4, 0.5) is 0 Å². The van der Waals surface area contributed by atoms with Crippen molar-refractivity contribution in [1.29, 1.82) is 0 Å². The molecule has 1 atom stereocenters. The van der Waals surface area contributed by atoms with E-state index in [-0.39, 0.29) is 5.22 Å². The monoisotopic (exact) mass is 278 g/mol. The van der Waals surface area contributed by atoms with E-state index in [0.717, 1.165) is 18.9 Å². The van der Waals surface area contributed by atoms with Crippen LogP contribution >= 0.6 is 11.8 Å². The van der Waals surface area contributed by atoms with Crippen LogP contribution in [0.1, 0.15) is 32.1 Å². The van der Waals surface area contributed by atoms with Crippen molar-refractivity contribution in [3.05, 3.63) is 0 Å². The van der Waals surface area contributed by atoms with E-state index in [0.29, 0.717) is 0 Å². The van der Waals surface area contributed by atoms with E-state index in [9.17, 15) is 0 Å². The van der Waals surface area contributed by atoms with Crippen molar-refractivity contribution in [2.45, 2.75) is 43.4 Å². The molecule has 0 N–H and O–H groups in total. The Morgan fingerprint density at radius 2 is 1.88 bits per heavy atom. The fourth-order valence-corrected chi connectivity index (χ4v) is 7.37. The molecule has 0 spiro atoms. The minimum absolute atomic E-state index is 0.134. The van der Waals surface area contributed by atoms with Crippen LogP contribution in [-0.4, -0.2) is 47.1 Å². The van der Waals surface area contributed by atoms with Crippen molar-refractivity contribution in [3.8, 4) is 0 Å². The fraction of sp³-hybridized carbons (Fsp3) is 1.00. The third-order valence-corrected chi connectivity index (χ3v) is 9.13. The highest BCUT2D eigenvalue weighted by atomic mass is 32.2. The smallest absolute Gasteiger partial charge is 0.370 e. The minimum atomic E-state index is -2.19. The summed E-state index contributed by atoms with van der Waals surface area (Å²) < 4.78 is 17.6. The second-order valence-electron chi connectivity index (χ2n) is 4.66. The molecule has 1 saturated heterocycles. The molecule has 0 saturated carbocycles. The highest BCUT2D eigenvalue weighted by Gasteiger charge is 2.58. The molecule has 1 aliphatic heterocycles. The van der Waals surface area contributed by atoms with Crippen molar-refractivity contribution in [1.82, 2.24) is 0 Å².